The Morgan fingerprint density at radius 2 is 2.00 bits per heavy atom. The normalized spacial score (nSPS) is 10.9. The lowest BCUT2D eigenvalue weighted by Crippen LogP contribution is -2.18. The molecule has 0 unspecified atom stereocenters. The van der Waals surface area contributed by atoms with Crippen LogP contribution in [0.1, 0.15) is 16.8 Å². The molecule has 0 aliphatic heterocycles. The smallest absolute Gasteiger partial charge is 0.149 e. The molecule has 0 spiro atoms. The van der Waals surface area contributed by atoms with Crippen molar-refractivity contribution in [3.8, 4) is 5.82 Å². The van der Waals surface area contributed by atoms with Gasteiger partial charge in [0.25, 0.3) is 0 Å². The number of nitrogens with two attached hydrogens (primary N) is 1. The number of hydrogen-bond donors (Lipinski definition) is 2. The predicted octanol–water partition coefficient (Wildman–Crippen LogP) is 2.32. The van der Waals surface area contributed by atoms with Gasteiger partial charge in [0.1, 0.15) is 18.0 Å². The second kappa shape index (κ2) is 4.45. The molecule has 0 aliphatic carbocycles. The largest absolute Gasteiger partial charge is 0.384 e. The molecule has 0 aliphatic rings. The molecule has 100 valence electrons. The molecule has 5 heteroatoms. The van der Waals surface area contributed by atoms with Crippen molar-refractivity contribution in [2.45, 2.75) is 13.8 Å². The fourth-order valence-electron chi connectivity index (χ4n) is 2.45. The van der Waals surface area contributed by atoms with Gasteiger partial charge < -0.3 is 5.73 Å². The number of fused-ring (bicyclic) bond motifs is 1. The van der Waals surface area contributed by atoms with E-state index in [1.807, 2.05) is 48.7 Å². The number of hydrogen-bond acceptors (Lipinski definition) is 3. The fourth-order valence-corrected chi connectivity index (χ4v) is 2.45. The van der Waals surface area contributed by atoms with Gasteiger partial charge in [0.2, 0.25) is 0 Å². The van der Waals surface area contributed by atoms with Gasteiger partial charge in [0.05, 0.1) is 16.6 Å². The number of nitrogens with zero attached hydrogens (tertiary/aromatic N) is 3. The van der Waals surface area contributed by atoms with E-state index in [9.17, 15) is 0 Å². The minimum atomic E-state index is 0.0165. The minimum Gasteiger partial charge on any atom is -0.384 e. The van der Waals surface area contributed by atoms with E-state index in [-0.39, 0.29) is 5.84 Å². The lowest BCUT2D eigenvalue weighted by atomic mass is 10.1. The molecule has 3 N–H and O–H groups in total. The molecule has 0 atom stereocenters. The van der Waals surface area contributed by atoms with Gasteiger partial charge in [-0.25, -0.2) is 9.97 Å². The van der Waals surface area contributed by atoms with Crippen LogP contribution in [0.2, 0.25) is 0 Å². The first-order valence-corrected chi connectivity index (χ1v) is 6.33. The summed E-state index contributed by atoms with van der Waals surface area (Å²) in [4.78, 5) is 8.92. The second-order valence-corrected chi connectivity index (χ2v) is 4.80. The molecule has 3 aromatic rings. The van der Waals surface area contributed by atoms with E-state index in [1.165, 1.54) is 0 Å². The zero-order valence-electron chi connectivity index (χ0n) is 11.4. The number of nitrogens with one attached hydrogen (secondary N) is 1. The van der Waals surface area contributed by atoms with Gasteiger partial charge in [-0.1, -0.05) is 12.1 Å². The summed E-state index contributed by atoms with van der Waals surface area (Å²) in [6, 6.07) is 9.75. The third kappa shape index (κ3) is 1.84. The van der Waals surface area contributed by atoms with Crippen LogP contribution in [-0.4, -0.2) is 20.4 Å². The molecule has 2 heterocycles. The second-order valence-electron chi connectivity index (χ2n) is 4.80. The van der Waals surface area contributed by atoms with E-state index >= 15 is 0 Å². The predicted molar refractivity (Wildman–Crippen MR) is 79.4 cm³/mol. The number of nitrogen functional groups attached to an aromatic ring is 1. The van der Waals surface area contributed by atoms with Crippen molar-refractivity contribution < 1.29 is 0 Å². The minimum absolute atomic E-state index is 0.0165. The number of benzene rings is 1. The van der Waals surface area contributed by atoms with Crippen molar-refractivity contribution in [1.82, 2.24) is 14.5 Å². The first-order chi connectivity index (χ1) is 9.58. The van der Waals surface area contributed by atoms with E-state index in [2.05, 4.69) is 9.97 Å². The van der Waals surface area contributed by atoms with Crippen molar-refractivity contribution in [2.75, 3.05) is 0 Å². The maximum atomic E-state index is 7.80. The fraction of sp³-hybridized carbons (Fsp3) is 0.133. The monoisotopic (exact) mass is 265 g/mol. The number of para-hydroxylation sites is 2. The molecule has 1 aromatic carbocycles. The van der Waals surface area contributed by atoms with E-state index in [1.54, 1.807) is 6.33 Å². The van der Waals surface area contributed by atoms with Gasteiger partial charge in [-0.05, 0) is 37.6 Å². The Labute approximate surface area is 116 Å². The van der Waals surface area contributed by atoms with E-state index < -0.39 is 0 Å². The Morgan fingerprint density at radius 1 is 1.25 bits per heavy atom. The highest BCUT2D eigenvalue weighted by molar-refractivity contribution is 5.99. The number of imidazole rings is 1. The Hall–Kier alpha value is -2.69. The maximum absolute atomic E-state index is 7.80. The van der Waals surface area contributed by atoms with Gasteiger partial charge in [-0.3, -0.25) is 9.98 Å². The average Bonchev–Trinajstić information content (AvgIpc) is 2.80. The van der Waals surface area contributed by atoms with Gasteiger partial charge in [-0.15, -0.1) is 0 Å². The Kier molecular flexibility index (Phi) is 2.75. The SMILES string of the molecule is Cc1cc(C)c(C(=N)N)c(-n2cnc3ccccc32)n1. The summed E-state index contributed by atoms with van der Waals surface area (Å²) in [7, 11) is 0. The van der Waals surface area contributed by atoms with E-state index in [4.69, 9.17) is 11.1 Å². The van der Waals surface area contributed by atoms with Crippen LogP contribution in [0, 0.1) is 19.3 Å². The molecule has 0 bridgehead atoms. The standard InChI is InChI=1S/C15H15N5/c1-9-7-10(2)19-15(13(9)14(16)17)20-8-18-11-5-3-4-6-12(11)20/h3-8H,1-2H3,(H3,16,17). The number of aryl methyl sites for hydroxylation is 2. The van der Waals surface area contributed by atoms with Gasteiger partial charge in [0.15, 0.2) is 0 Å². The molecule has 0 saturated heterocycles. The van der Waals surface area contributed by atoms with Gasteiger partial charge in [-0.2, -0.15) is 0 Å². The topological polar surface area (TPSA) is 80.6 Å². The molecule has 2 aromatic heterocycles. The summed E-state index contributed by atoms with van der Waals surface area (Å²) in [6.07, 6.45) is 1.72. The van der Waals surface area contributed by atoms with Crippen molar-refractivity contribution in [3.05, 3.63) is 53.5 Å². The van der Waals surface area contributed by atoms with Crippen LogP contribution in [0.4, 0.5) is 0 Å². The number of rotatable bonds is 2. The van der Waals surface area contributed by atoms with Crippen LogP contribution in [0.15, 0.2) is 36.7 Å². The van der Waals surface area contributed by atoms with E-state index in [0.29, 0.717) is 11.4 Å². The first-order valence-electron chi connectivity index (χ1n) is 6.33. The third-order valence-electron chi connectivity index (χ3n) is 3.28. The summed E-state index contributed by atoms with van der Waals surface area (Å²) in [5, 5.41) is 7.80. The quantitative estimate of drug-likeness (QED) is 0.551. The van der Waals surface area contributed by atoms with Gasteiger partial charge in [0, 0.05) is 5.69 Å². The molecule has 0 saturated carbocycles. The lowest BCUT2D eigenvalue weighted by molar-refractivity contribution is 0.986. The summed E-state index contributed by atoms with van der Waals surface area (Å²) < 4.78 is 1.88. The molecular formula is C15H15N5. The lowest BCUT2D eigenvalue weighted by Gasteiger charge is -2.13. The van der Waals surface area contributed by atoms with Crippen LogP contribution in [0.3, 0.4) is 0 Å². The van der Waals surface area contributed by atoms with Crippen molar-refractivity contribution in [3.63, 3.8) is 0 Å². The van der Waals surface area contributed by atoms with Gasteiger partial charge >= 0.3 is 0 Å². The number of aromatic nitrogens is 3. The highest BCUT2D eigenvalue weighted by atomic mass is 15.1. The van der Waals surface area contributed by atoms with Crippen molar-refractivity contribution in [1.29, 1.82) is 5.41 Å². The van der Waals surface area contributed by atoms with Crippen molar-refractivity contribution in [2.24, 2.45) is 5.73 Å². The molecule has 0 radical (unpaired) electrons. The highest BCUT2D eigenvalue weighted by Gasteiger charge is 2.15. The molecule has 0 amide bonds. The zero-order valence-corrected chi connectivity index (χ0v) is 11.4. The number of pyridine rings is 1. The Morgan fingerprint density at radius 3 is 2.75 bits per heavy atom. The van der Waals surface area contributed by atoms with Crippen molar-refractivity contribution >= 4 is 16.9 Å². The molecule has 0 fully saturated rings. The highest BCUT2D eigenvalue weighted by Crippen LogP contribution is 2.22. The zero-order chi connectivity index (χ0) is 14.3. The van der Waals surface area contributed by atoms with Crippen LogP contribution in [-0.2, 0) is 0 Å². The summed E-state index contributed by atoms with van der Waals surface area (Å²) >= 11 is 0. The first kappa shape index (κ1) is 12.3. The summed E-state index contributed by atoms with van der Waals surface area (Å²) in [5.74, 6) is 0.673. The molecule has 20 heavy (non-hydrogen) atoms. The molecule has 5 nitrogen and oxygen atoms in total. The molecule has 3 rings (SSSR count). The van der Waals surface area contributed by atoms with Crippen LogP contribution < -0.4 is 5.73 Å². The summed E-state index contributed by atoms with van der Waals surface area (Å²) in [5.41, 5.74) is 10.1. The third-order valence-corrected chi connectivity index (χ3v) is 3.28. The van der Waals surface area contributed by atoms with Crippen LogP contribution >= 0.6 is 0 Å². The Balaban J connectivity index is 2.37. The Bertz CT molecular complexity index is 816. The van der Waals surface area contributed by atoms with Crippen LogP contribution in [0.25, 0.3) is 16.9 Å². The maximum Gasteiger partial charge on any atom is 0.149 e. The van der Waals surface area contributed by atoms with E-state index in [0.717, 1.165) is 22.3 Å². The number of amidine groups is 1. The molecular weight excluding hydrogens is 250 g/mol. The summed E-state index contributed by atoms with van der Waals surface area (Å²) in [6.45, 7) is 3.87. The van der Waals surface area contributed by atoms with Crippen LogP contribution in [0.5, 0.6) is 0 Å². The average molecular weight is 265 g/mol.